The molecule has 0 aromatic carbocycles. The first-order chi connectivity index (χ1) is 9.61. The van der Waals surface area contributed by atoms with E-state index in [2.05, 4.69) is 21.1 Å². The van der Waals surface area contributed by atoms with Crippen LogP contribution >= 0.6 is 0 Å². The van der Waals surface area contributed by atoms with Crippen molar-refractivity contribution in [3.8, 4) is 16.9 Å². The van der Waals surface area contributed by atoms with Gasteiger partial charge in [-0.3, -0.25) is 9.67 Å². The Kier molecular flexibility index (Phi) is 2.89. The first-order valence-corrected chi connectivity index (χ1v) is 6.40. The predicted molar refractivity (Wildman–Crippen MR) is 77.8 cm³/mol. The number of aromatic nitrogens is 4. The summed E-state index contributed by atoms with van der Waals surface area (Å²) in [6.07, 6.45) is 5.50. The molecule has 0 bridgehead atoms. The van der Waals surface area contributed by atoms with E-state index in [9.17, 15) is 0 Å². The van der Waals surface area contributed by atoms with E-state index in [1.807, 2.05) is 39.5 Å². The first-order valence-electron chi connectivity index (χ1n) is 6.40. The summed E-state index contributed by atoms with van der Waals surface area (Å²) in [5.74, 6) is 0.776. The van der Waals surface area contributed by atoms with Gasteiger partial charge in [0, 0.05) is 30.6 Å². The van der Waals surface area contributed by atoms with E-state index in [0.717, 1.165) is 39.2 Å². The van der Waals surface area contributed by atoms with Crippen molar-refractivity contribution in [1.29, 1.82) is 0 Å². The number of hydrogen-bond acceptors (Lipinski definition) is 4. The molecule has 0 unspecified atom stereocenters. The fourth-order valence-electron chi connectivity index (χ4n) is 2.48. The summed E-state index contributed by atoms with van der Waals surface area (Å²) >= 11 is 0. The normalized spacial score (nSPS) is 11.0. The molecule has 20 heavy (non-hydrogen) atoms. The molecule has 3 heterocycles. The highest BCUT2D eigenvalue weighted by Gasteiger charge is 2.17. The van der Waals surface area contributed by atoms with E-state index in [1.165, 1.54) is 0 Å². The van der Waals surface area contributed by atoms with E-state index < -0.39 is 0 Å². The van der Waals surface area contributed by atoms with E-state index in [0.29, 0.717) is 0 Å². The fraction of sp³-hybridized carbons (Fsp3) is 0.267. The van der Waals surface area contributed by atoms with Gasteiger partial charge in [-0.05, 0) is 25.5 Å². The monoisotopic (exact) mass is 268 g/mol. The molecule has 5 nitrogen and oxygen atoms in total. The van der Waals surface area contributed by atoms with E-state index in [-0.39, 0.29) is 0 Å². The number of ether oxygens (including phenoxy) is 1. The van der Waals surface area contributed by atoms with Gasteiger partial charge in [0.25, 0.3) is 0 Å². The van der Waals surface area contributed by atoms with Gasteiger partial charge < -0.3 is 4.74 Å². The van der Waals surface area contributed by atoms with Crippen molar-refractivity contribution in [2.75, 3.05) is 7.11 Å². The van der Waals surface area contributed by atoms with Crippen molar-refractivity contribution in [3.05, 3.63) is 35.9 Å². The number of hydrogen-bond donors (Lipinski definition) is 0. The molecule has 0 fully saturated rings. The Bertz CT molecular complexity index is 792. The van der Waals surface area contributed by atoms with Gasteiger partial charge in [-0.25, -0.2) is 4.98 Å². The summed E-state index contributed by atoms with van der Waals surface area (Å²) in [6, 6.07) is 2.09. The van der Waals surface area contributed by atoms with Crippen LogP contribution in [0.3, 0.4) is 0 Å². The summed E-state index contributed by atoms with van der Waals surface area (Å²) in [4.78, 5) is 8.85. The molecule has 0 amide bonds. The molecule has 5 heteroatoms. The molecule has 3 rings (SSSR count). The summed E-state index contributed by atoms with van der Waals surface area (Å²) in [6.45, 7) is 3.97. The molecule has 0 spiro atoms. The lowest BCUT2D eigenvalue weighted by atomic mass is 10.0. The van der Waals surface area contributed by atoms with Crippen molar-refractivity contribution in [2.45, 2.75) is 13.8 Å². The van der Waals surface area contributed by atoms with Crippen LogP contribution in [0.2, 0.25) is 0 Å². The second-order valence-corrected chi connectivity index (χ2v) is 4.86. The Morgan fingerprint density at radius 2 is 1.95 bits per heavy atom. The predicted octanol–water partition coefficient (Wildman–Crippen LogP) is 2.66. The smallest absolute Gasteiger partial charge is 0.158 e. The molecule has 0 N–H and O–H groups in total. The SMILES string of the molecule is COc1c(C)nc2c(cnn2C)c1-c1cncc(C)c1. The molecular formula is C15H16N4O. The molecule has 3 aromatic rings. The molecule has 0 saturated heterocycles. The molecule has 0 aliphatic rings. The number of aryl methyl sites for hydroxylation is 3. The average Bonchev–Trinajstić information content (AvgIpc) is 2.78. The van der Waals surface area contributed by atoms with Crippen LogP contribution in [0, 0.1) is 13.8 Å². The van der Waals surface area contributed by atoms with Crippen LogP contribution in [0.15, 0.2) is 24.7 Å². The number of nitrogens with zero attached hydrogens (tertiary/aromatic N) is 4. The standard InChI is InChI=1S/C15H16N4O/c1-9-5-11(7-16-6-9)13-12-8-17-19(3)15(12)18-10(2)14(13)20-4/h5-8H,1-4H3. The fourth-order valence-corrected chi connectivity index (χ4v) is 2.48. The molecule has 0 aliphatic carbocycles. The van der Waals surface area contributed by atoms with Crippen LogP contribution in [0.5, 0.6) is 5.75 Å². The highest BCUT2D eigenvalue weighted by atomic mass is 16.5. The van der Waals surface area contributed by atoms with E-state index in [4.69, 9.17) is 4.74 Å². The Labute approximate surface area is 117 Å². The number of pyridine rings is 2. The van der Waals surface area contributed by atoms with Crippen molar-refractivity contribution in [1.82, 2.24) is 19.7 Å². The Morgan fingerprint density at radius 3 is 2.65 bits per heavy atom. The molecule has 0 radical (unpaired) electrons. The van der Waals surface area contributed by atoms with E-state index >= 15 is 0 Å². The second kappa shape index (κ2) is 4.59. The molecule has 0 aliphatic heterocycles. The second-order valence-electron chi connectivity index (χ2n) is 4.86. The highest BCUT2D eigenvalue weighted by Crippen LogP contribution is 2.37. The van der Waals surface area contributed by atoms with Gasteiger partial charge in [0.05, 0.1) is 24.4 Å². The lowest BCUT2D eigenvalue weighted by molar-refractivity contribution is 0.411. The lowest BCUT2D eigenvalue weighted by Gasteiger charge is -2.12. The quantitative estimate of drug-likeness (QED) is 0.717. The number of rotatable bonds is 2. The van der Waals surface area contributed by atoms with Crippen molar-refractivity contribution in [2.24, 2.45) is 7.05 Å². The van der Waals surface area contributed by atoms with Crippen LogP contribution in [-0.4, -0.2) is 26.9 Å². The third kappa shape index (κ3) is 1.82. The molecule has 102 valence electrons. The van der Waals surface area contributed by atoms with Crippen LogP contribution in [-0.2, 0) is 7.05 Å². The Morgan fingerprint density at radius 1 is 1.15 bits per heavy atom. The zero-order valence-electron chi connectivity index (χ0n) is 12.0. The first kappa shape index (κ1) is 12.6. The zero-order chi connectivity index (χ0) is 14.3. The van der Waals surface area contributed by atoms with Gasteiger partial charge in [0.1, 0.15) is 5.75 Å². The topological polar surface area (TPSA) is 52.8 Å². The molecular weight excluding hydrogens is 252 g/mol. The van der Waals surface area contributed by atoms with Crippen molar-refractivity contribution >= 4 is 11.0 Å². The maximum atomic E-state index is 5.56. The lowest BCUT2D eigenvalue weighted by Crippen LogP contribution is -1.99. The van der Waals surface area contributed by atoms with Gasteiger partial charge >= 0.3 is 0 Å². The van der Waals surface area contributed by atoms with Crippen LogP contribution in [0.4, 0.5) is 0 Å². The minimum atomic E-state index is 0.776. The third-order valence-corrected chi connectivity index (χ3v) is 3.37. The van der Waals surface area contributed by atoms with Gasteiger partial charge in [-0.1, -0.05) is 0 Å². The minimum Gasteiger partial charge on any atom is -0.494 e. The summed E-state index contributed by atoms with van der Waals surface area (Å²) in [5.41, 5.74) is 4.82. The van der Waals surface area contributed by atoms with Crippen molar-refractivity contribution in [3.63, 3.8) is 0 Å². The minimum absolute atomic E-state index is 0.776. The number of methoxy groups -OCH3 is 1. The summed E-state index contributed by atoms with van der Waals surface area (Å²) < 4.78 is 7.33. The third-order valence-electron chi connectivity index (χ3n) is 3.37. The van der Waals surface area contributed by atoms with Gasteiger partial charge in [0.2, 0.25) is 0 Å². The Hall–Kier alpha value is -2.43. The highest BCUT2D eigenvalue weighted by molar-refractivity contribution is 5.96. The van der Waals surface area contributed by atoms with Crippen molar-refractivity contribution < 1.29 is 4.74 Å². The van der Waals surface area contributed by atoms with Crippen LogP contribution < -0.4 is 4.74 Å². The van der Waals surface area contributed by atoms with Crippen LogP contribution in [0.25, 0.3) is 22.2 Å². The van der Waals surface area contributed by atoms with Gasteiger partial charge in [-0.15, -0.1) is 0 Å². The Balaban J connectivity index is 2.43. The van der Waals surface area contributed by atoms with Gasteiger partial charge in [-0.2, -0.15) is 5.10 Å². The van der Waals surface area contributed by atoms with Crippen LogP contribution in [0.1, 0.15) is 11.3 Å². The summed E-state index contributed by atoms with van der Waals surface area (Å²) in [5, 5.41) is 5.27. The maximum absolute atomic E-state index is 5.56. The van der Waals surface area contributed by atoms with Gasteiger partial charge in [0.15, 0.2) is 5.65 Å². The number of fused-ring (bicyclic) bond motifs is 1. The maximum Gasteiger partial charge on any atom is 0.158 e. The zero-order valence-corrected chi connectivity index (χ0v) is 12.0. The average molecular weight is 268 g/mol. The summed E-state index contributed by atoms with van der Waals surface area (Å²) in [7, 11) is 3.55. The molecule has 3 aromatic heterocycles. The van der Waals surface area contributed by atoms with E-state index in [1.54, 1.807) is 11.8 Å². The largest absolute Gasteiger partial charge is 0.494 e. The molecule has 0 atom stereocenters. The molecule has 0 saturated carbocycles.